The molecule has 0 aliphatic carbocycles. The van der Waals surface area contributed by atoms with E-state index in [1.165, 1.54) is 0 Å². The molecule has 0 bridgehead atoms. The van der Waals surface area contributed by atoms with E-state index in [4.69, 9.17) is 0 Å². The molecule has 0 aliphatic rings. The number of rotatable bonds is 0. The fraction of sp³-hybridized carbons (Fsp3) is 0. The van der Waals surface area contributed by atoms with Crippen molar-refractivity contribution in [2.75, 3.05) is 0 Å². The first-order valence-electron chi connectivity index (χ1n) is 0. The maximum Gasteiger partial charge on any atom is 1.00 e. The largest absolute Gasteiger partial charge is 1.00 e. The zero-order valence-corrected chi connectivity index (χ0v) is 7.83. The van der Waals surface area contributed by atoms with Crippen LogP contribution in [0.4, 0.5) is 0 Å². The Morgan fingerprint density at radius 2 is 1.00 bits per heavy atom. The van der Waals surface area contributed by atoms with Crippen molar-refractivity contribution in [1.82, 2.24) is 6.15 Å². The fourth-order valence-corrected chi connectivity index (χ4v) is 0. The van der Waals surface area contributed by atoms with E-state index in [0.29, 0.717) is 0 Å². The summed E-state index contributed by atoms with van der Waals surface area (Å²) >= 11 is 0. The number of hydrogen-bond donors (Lipinski definition) is 1. The van der Waals surface area contributed by atoms with Gasteiger partial charge in [0.1, 0.15) is 0 Å². The predicted octanol–water partition coefficient (Wildman–Crippen LogP) is -2.50. The van der Waals surface area contributed by atoms with Crippen LogP contribution in [0.1, 0.15) is 1.43 Å². The van der Waals surface area contributed by atoms with Crippen molar-refractivity contribution in [3.63, 3.8) is 0 Å². The topological polar surface area (TPSA) is 35.0 Å². The second-order valence-corrected chi connectivity index (χ2v) is 0. The van der Waals surface area contributed by atoms with Crippen LogP contribution in [0.2, 0.25) is 0 Å². The average Bonchev–Trinajstić information content (AvgIpc) is 0. The van der Waals surface area contributed by atoms with Crippen LogP contribution in [0, 0.1) is 0 Å². The normalized spacial score (nSPS) is 0. The molecule has 0 unspecified atom stereocenters. The Kier molecular flexibility index (Phi) is 155. The molecule has 0 fully saturated rings. The van der Waals surface area contributed by atoms with Crippen LogP contribution >= 0.6 is 27.0 Å². The Labute approximate surface area is 84.3 Å². The Bertz CT molecular complexity index is 9.61. The predicted molar refractivity (Wildman–Crippen MR) is 26.9 cm³/mol. The van der Waals surface area contributed by atoms with Crippen molar-refractivity contribution in [2.24, 2.45) is 0 Å². The van der Waals surface area contributed by atoms with Crippen LogP contribution in [0.15, 0.2) is 0 Å². The molecular formula is H8KNS2. The molecule has 0 spiro atoms. The van der Waals surface area contributed by atoms with Gasteiger partial charge in [0.25, 0.3) is 0 Å². The van der Waals surface area contributed by atoms with Gasteiger partial charge in [-0.2, -0.15) is 27.0 Å². The molecule has 0 aromatic heterocycles. The molecule has 0 amide bonds. The first-order valence-corrected chi connectivity index (χ1v) is 0. The molecule has 0 aliphatic heterocycles. The van der Waals surface area contributed by atoms with Gasteiger partial charge in [-0.15, -0.1) is 0 Å². The minimum Gasteiger partial charge on any atom is -1.00 e. The van der Waals surface area contributed by atoms with Gasteiger partial charge in [-0.05, 0) is 0 Å². The number of hydrogen-bond acceptors (Lipinski definition) is 1. The maximum atomic E-state index is 0. The van der Waals surface area contributed by atoms with Gasteiger partial charge in [0.2, 0.25) is 0 Å². The molecule has 0 rings (SSSR count). The molecule has 0 saturated heterocycles. The molecule has 0 aromatic carbocycles. The molecule has 4 heteroatoms. The van der Waals surface area contributed by atoms with E-state index < -0.39 is 0 Å². The van der Waals surface area contributed by atoms with Crippen molar-refractivity contribution < 1.29 is 52.8 Å². The molecule has 4 heavy (non-hydrogen) atoms. The third-order valence-corrected chi connectivity index (χ3v) is 0. The second-order valence-electron chi connectivity index (χ2n) is 0. The fourth-order valence-electron chi connectivity index (χ4n) is 0. The third kappa shape index (κ3) is 8.85. The van der Waals surface area contributed by atoms with E-state index in [1.807, 2.05) is 0 Å². The van der Waals surface area contributed by atoms with E-state index in [1.54, 1.807) is 0 Å². The molecular weight excluding hydrogens is 117 g/mol. The maximum absolute atomic E-state index is 0. The Morgan fingerprint density at radius 1 is 1.00 bits per heavy atom. The Morgan fingerprint density at radius 3 is 1.00 bits per heavy atom. The van der Waals surface area contributed by atoms with Crippen LogP contribution in [0.3, 0.4) is 0 Å². The summed E-state index contributed by atoms with van der Waals surface area (Å²) in [5, 5.41) is 0. The van der Waals surface area contributed by atoms with Crippen molar-refractivity contribution in [3.05, 3.63) is 0 Å². The summed E-state index contributed by atoms with van der Waals surface area (Å²) in [6.07, 6.45) is 0. The van der Waals surface area contributed by atoms with Gasteiger partial charge in [0, 0.05) is 0 Å². The molecule has 0 aromatic rings. The third-order valence-electron chi connectivity index (χ3n) is 0. The van der Waals surface area contributed by atoms with E-state index >= 15 is 0 Å². The Balaban J connectivity index is 0. The van der Waals surface area contributed by atoms with Gasteiger partial charge in [-0.25, -0.2) is 0 Å². The van der Waals surface area contributed by atoms with Crippen LogP contribution < -0.4 is 57.5 Å². The summed E-state index contributed by atoms with van der Waals surface area (Å²) in [6.45, 7) is 0. The molecule has 0 heterocycles. The van der Waals surface area contributed by atoms with Crippen LogP contribution in [0.5, 0.6) is 0 Å². The molecule has 1 nitrogen and oxygen atoms in total. The summed E-state index contributed by atoms with van der Waals surface area (Å²) in [5.74, 6) is 0. The monoisotopic (exact) mass is 125 g/mol. The Hall–Kier alpha value is 2.30. The zero-order chi connectivity index (χ0) is 0. The molecule has 0 atom stereocenters. The molecule has 0 saturated carbocycles. The molecule has 3 N–H and O–H groups in total. The van der Waals surface area contributed by atoms with Gasteiger partial charge < -0.3 is 7.58 Å². The summed E-state index contributed by atoms with van der Waals surface area (Å²) in [5.41, 5.74) is 0. The quantitative estimate of drug-likeness (QED) is 0.357. The van der Waals surface area contributed by atoms with Gasteiger partial charge in [0.05, 0.1) is 0 Å². The van der Waals surface area contributed by atoms with Crippen LogP contribution in [-0.4, -0.2) is 0 Å². The van der Waals surface area contributed by atoms with Crippen molar-refractivity contribution in [3.8, 4) is 0 Å². The van der Waals surface area contributed by atoms with Crippen LogP contribution in [-0.2, 0) is 0 Å². The average molecular weight is 125 g/mol. The zero-order valence-electron chi connectivity index (χ0n) is 3.71. The first-order chi connectivity index (χ1) is 0. The summed E-state index contributed by atoms with van der Waals surface area (Å²) in [6, 6.07) is 0. The minimum atomic E-state index is 0. The van der Waals surface area contributed by atoms with Gasteiger partial charge in [0.15, 0.2) is 0 Å². The standard InChI is InChI=1S/K.H3N.2H2S.H/h;1H3;2*1H2;/q+1;;;;-1. The van der Waals surface area contributed by atoms with Crippen molar-refractivity contribution >= 4 is 27.0 Å². The van der Waals surface area contributed by atoms with E-state index in [0.717, 1.165) is 0 Å². The van der Waals surface area contributed by atoms with Gasteiger partial charge in [-0.1, -0.05) is 0 Å². The van der Waals surface area contributed by atoms with Crippen molar-refractivity contribution in [1.29, 1.82) is 0 Å². The smallest absolute Gasteiger partial charge is 1.00 e. The van der Waals surface area contributed by atoms with E-state index in [2.05, 4.69) is 0 Å². The minimum absolute atomic E-state index is 0. The SMILES string of the molecule is N.S.S.[H-].[K+]. The second kappa shape index (κ2) is 18.5. The van der Waals surface area contributed by atoms with Gasteiger partial charge in [-0.3, -0.25) is 0 Å². The first kappa shape index (κ1) is 33.5. The summed E-state index contributed by atoms with van der Waals surface area (Å²) in [7, 11) is 0. The molecule has 26 valence electrons. The van der Waals surface area contributed by atoms with Crippen LogP contribution in [0.25, 0.3) is 0 Å². The van der Waals surface area contributed by atoms with E-state index in [-0.39, 0.29) is 86.0 Å². The molecule has 0 radical (unpaired) electrons. The van der Waals surface area contributed by atoms with Gasteiger partial charge >= 0.3 is 51.4 Å². The summed E-state index contributed by atoms with van der Waals surface area (Å²) in [4.78, 5) is 0. The summed E-state index contributed by atoms with van der Waals surface area (Å²) < 4.78 is 0. The van der Waals surface area contributed by atoms with E-state index in [9.17, 15) is 0 Å². The van der Waals surface area contributed by atoms with Crippen molar-refractivity contribution in [2.45, 2.75) is 0 Å².